The van der Waals surface area contributed by atoms with Crippen LogP contribution in [0, 0.1) is 21.7 Å². The first-order valence-corrected chi connectivity index (χ1v) is 16.3. The number of nitrogens with zero attached hydrogens (tertiary/aromatic N) is 2. The van der Waals surface area contributed by atoms with Crippen molar-refractivity contribution in [2.75, 3.05) is 31.1 Å². The highest BCUT2D eigenvalue weighted by atomic mass is 16.4. The molecule has 5 aliphatic rings. The van der Waals surface area contributed by atoms with E-state index >= 15 is 0 Å². The summed E-state index contributed by atoms with van der Waals surface area (Å²) in [6.07, 6.45) is 9.08. The Kier molecular flexibility index (Phi) is 7.93. The quantitative estimate of drug-likeness (QED) is 0.172. The maximum Gasteiger partial charge on any atom is 0.355 e. The second-order valence-corrected chi connectivity index (χ2v) is 15.3. The van der Waals surface area contributed by atoms with E-state index in [0.29, 0.717) is 42.2 Å². The van der Waals surface area contributed by atoms with Gasteiger partial charge >= 0.3 is 5.97 Å². The van der Waals surface area contributed by atoms with Crippen LogP contribution >= 0.6 is 0 Å². The fourth-order valence-corrected chi connectivity index (χ4v) is 10.6. The van der Waals surface area contributed by atoms with Crippen molar-refractivity contribution in [3.05, 3.63) is 64.0 Å². The molecule has 1 aliphatic heterocycles. The van der Waals surface area contributed by atoms with Crippen LogP contribution in [0.2, 0.25) is 0 Å². The monoisotopic (exact) mass is 612 g/mol. The summed E-state index contributed by atoms with van der Waals surface area (Å²) in [5.74, 6) is -0.554. The highest BCUT2D eigenvalue weighted by molar-refractivity contribution is 6.12. The molecule has 0 saturated heterocycles. The summed E-state index contributed by atoms with van der Waals surface area (Å²) in [4.78, 5) is 31.5. The van der Waals surface area contributed by atoms with E-state index < -0.39 is 5.97 Å². The lowest BCUT2D eigenvalue weighted by Gasteiger charge is -2.70. The van der Waals surface area contributed by atoms with E-state index in [4.69, 9.17) is 11.1 Å². The van der Waals surface area contributed by atoms with Gasteiger partial charge in [0.2, 0.25) is 0 Å². The van der Waals surface area contributed by atoms with Gasteiger partial charge in [-0.2, -0.15) is 0 Å². The van der Waals surface area contributed by atoms with Crippen molar-refractivity contribution in [3.8, 4) is 0 Å². The number of pyridine rings is 1. The molecule has 2 heterocycles. The number of carbonyl (C=O) groups is 2. The second kappa shape index (κ2) is 11.4. The van der Waals surface area contributed by atoms with Crippen LogP contribution in [0.25, 0.3) is 5.57 Å². The van der Waals surface area contributed by atoms with Crippen LogP contribution in [0.3, 0.4) is 0 Å². The minimum atomic E-state index is -1.13. The number of hydrogen-bond acceptors (Lipinski definition) is 8. The van der Waals surface area contributed by atoms with Crippen molar-refractivity contribution in [2.45, 2.75) is 84.7 Å². The van der Waals surface area contributed by atoms with Gasteiger partial charge in [0, 0.05) is 66.9 Å². The SMILES string of the molecule is CC(=O)c1cccc2c1CN(c1ccc(/C(C=N)=C(\C)NCC34CC5(C)CC(C)(C3)CC(NCCN)(C5)C4)c(C(=O)O)n1)CC2. The summed E-state index contributed by atoms with van der Waals surface area (Å²) in [6.45, 7) is 11.8. The number of allylic oxidation sites excluding steroid dienone is 2. The first kappa shape index (κ1) is 31.4. The molecule has 0 spiro atoms. The summed E-state index contributed by atoms with van der Waals surface area (Å²) in [5, 5.41) is 26.1. The molecule has 4 fully saturated rings. The van der Waals surface area contributed by atoms with E-state index in [2.05, 4.69) is 35.5 Å². The standard InChI is InChI=1S/C36H48N6O3/c1-23(39-22-35-17-33(3)16-34(4,18-35)20-36(19-33,21-35)40-12-11-37)28(14-38)27-8-9-30(41-31(27)32(44)45)42-13-10-25-6-5-7-26(24(2)43)29(25)15-42/h5-9,14,38-40H,10-13,15-22,37H2,1-4H3,(H,44,45)/b28-23+,38-14?. The maximum absolute atomic E-state index is 12.6. The van der Waals surface area contributed by atoms with Crippen molar-refractivity contribution in [1.82, 2.24) is 15.6 Å². The van der Waals surface area contributed by atoms with Gasteiger partial charge in [-0.25, -0.2) is 9.78 Å². The first-order chi connectivity index (χ1) is 21.3. The Hall–Kier alpha value is -3.56. The molecular formula is C36H48N6O3. The van der Waals surface area contributed by atoms with Crippen LogP contribution in [0.5, 0.6) is 0 Å². The average Bonchev–Trinajstić information content (AvgIpc) is 2.97. The van der Waals surface area contributed by atoms with Crippen molar-refractivity contribution < 1.29 is 14.7 Å². The van der Waals surface area contributed by atoms with Crippen LogP contribution in [0.4, 0.5) is 5.82 Å². The number of benzene rings is 1. The van der Waals surface area contributed by atoms with Gasteiger partial charge in [0.05, 0.1) is 0 Å². The van der Waals surface area contributed by atoms with Crippen LogP contribution < -0.4 is 21.3 Å². The minimum Gasteiger partial charge on any atom is -0.476 e. The molecule has 7 rings (SSSR count). The largest absolute Gasteiger partial charge is 0.476 e. The number of hydrogen-bond donors (Lipinski definition) is 5. The Morgan fingerprint density at radius 1 is 1.04 bits per heavy atom. The number of carboxylic acid groups (broad SMARTS) is 1. The Morgan fingerprint density at radius 2 is 1.78 bits per heavy atom. The number of nitrogens with one attached hydrogen (secondary N) is 3. The first-order valence-electron chi connectivity index (χ1n) is 16.3. The van der Waals surface area contributed by atoms with E-state index in [1.807, 2.05) is 30.0 Å². The van der Waals surface area contributed by atoms with Crippen molar-refractivity contribution >= 4 is 29.4 Å². The zero-order valence-electron chi connectivity index (χ0n) is 27.2. The number of nitrogens with two attached hydrogens (primary N) is 1. The topological polar surface area (TPSA) is 144 Å². The molecule has 45 heavy (non-hydrogen) atoms. The third-order valence-corrected chi connectivity index (χ3v) is 11.0. The number of ketones is 1. The van der Waals surface area contributed by atoms with E-state index in [-0.39, 0.29) is 33.3 Å². The molecular weight excluding hydrogens is 564 g/mol. The fourth-order valence-electron chi connectivity index (χ4n) is 10.6. The molecule has 240 valence electrons. The molecule has 6 N–H and O–H groups in total. The zero-order valence-corrected chi connectivity index (χ0v) is 27.2. The third-order valence-electron chi connectivity index (χ3n) is 11.0. The number of Topliss-reactive ketones (excluding diaryl/α,β-unsaturated/α-hetero) is 1. The predicted molar refractivity (Wildman–Crippen MR) is 178 cm³/mol. The summed E-state index contributed by atoms with van der Waals surface area (Å²) in [5.41, 5.74) is 11.2. The lowest BCUT2D eigenvalue weighted by molar-refractivity contribution is -0.163. The number of carbonyl (C=O) groups excluding carboxylic acids is 1. The smallest absolute Gasteiger partial charge is 0.355 e. The number of rotatable bonds is 11. The van der Waals surface area contributed by atoms with Crippen molar-refractivity contribution in [3.63, 3.8) is 0 Å². The number of carboxylic acids is 1. The molecule has 4 aliphatic carbocycles. The van der Waals surface area contributed by atoms with Gasteiger partial charge in [0.25, 0.3) is 0 Å². The van der Waals surface area contributed by atoms with Crippen LogP contribution in [0.1, 0.15) is 104 Å². The molecule has 1 aromatic carbocycles. The van der Waals surface area contributed by atoms with E-state index in [1.54, 1.807) is 13.0 Å². The highest BCUT2D eigenvalue weighted by Gasteiger charge is 2.65. The molecule has 9 heteroatoms. The molecule has 0 amide bonds. The molecule has 9 nitrogen and oxygen atoms in total. The summed E-state index contributed by atoms with van der Waals surface area (Å²) in [6, 6.07) is 9.44. The normalized spacial score (nSPS) is 30.5. The minimum absolute atomic E-state index is 0.0192. The molecule has 2 unspecified atom stereocenters. The van der Waals surface area contributed by atoms with Crippen molar-refractivity contribution in [1.29, 1.82) is 5.41 Å². The lowest BCUT2D eigenvalue weighted by atomic mass is 9.38. The highest BCUT2D eigenvalue weighted by Crippen LogP contribution is 2.70. The molecule has 4 bridgehead atoms. The molecule has 2 aromatic rings. The fraction of sp³-hybridized carbons (Fsp3) is 0.556. The van der Waals surface area contributed by atoms with Crippen molar-refractivity contribution in [2.24, 2.45) is 22.0 Å². The molecule has 2 atom stereocenters. The Bertz CT molecular complexity index is 1560. The molecule has 0 radical (unpaired) electrons. The van der Waals surface area contributed by atoms with Gasteiger partial charge in [-0.05, 0) is 98.3 Å². The maximum atomic E-state index is 12.6. The van der Waals surface area contributed by atoms with Gasteiger partial charge in [-0.1, -0.05) is 32.0 Å². The number of aromatic nitrogens is 1. The molecule has 1 aromatic heterocycles. The molecule has 4 saturated carbocycles. The zero-order chi connectivity index (χ0) is 32.2. The second-order valence-electron chi connectivity index (χ2n) is 15.3. The number of aromatic carboxylic acids is 1. The summed E-state index contributed by atoms with van der Waals surface area (Å²) >= 11 is 0. The van der Waals surface area contributed by atoms with Crippen LogP contribution in [-0.2, 0) is 13.0 Å². The average molecular weight is 613 g/mol. The van der Waals surface area contributed by atoms with Gasteiger partial charge in [-0.3, -0.25) is 4.79 Å². The Balaban J connectivity index is 1.26. The summed E-state index contributed by atoms with van der Waals surface area (Å²) < 4.78 is 0. The van der Waals surface area contributed by atoms with Gasteiger partial charge < -0.3 is 31.8 Å². The number of fused-ring (bicyclic) bond motifs is 1. The van der Waals surface area contributed by atoms with Crippen LogP contribution in [-0.4, -0.2) is 59.8 Å². The Labute approximate surface area is 266 Å². The van der Waals surface area contributed by atoms with E-state index in [0.717, 1.165) is 42.8 Å². The summed E-state index contributed by atoms with van der Waals surface area (Å²) in [7, 11) is 0. The van der Waals surface area contributed by atoms with Gasteiger partial charge in [-0.15, -0.1) is 0 Å². The van der Waals surface area contributed by atoms with Crippen LogP contribution in [0.15, 0.2) is 36.0 Å². The number of anilines is 1. The lowest BCUT2D eigenvalue weighted by Crippen LogP contribution is -2.69. The predicted octanol–water partition coefficient (Wildman–Crippen LogP) is 5.18. The van der Waals surface area contributed by atoms with E-state index in [9.17, 15) is 14.7 Å². The third kappa shape index (κ3) is 5.81. The van der Waals surface area contributed by atoms with Gasteiger partial charge in [0.1, 0.15) is 5.82 Å². The Morgan fingerprint density at radius 3 is 2.42 bits per heavy atom. The van der Waals surface area contributed by atoms with Gasteiger partial charge in [0.15, 0.2) is 11.5 Å². The van der Waals surface area contributed by atoms with E-state index in [1.165, 1.54) is 38.3 Å².